The van der Waals surface area contributed by atoms with E-state index in [4.69, 9.17) is 9.88 Å². The lowest BCUT2D eigenvalue weighted by molar-refractivity contribution is 0.415. The molecule has 0 radical (unpaired) electrons. The third kappa shape index (κ3) is 3.36. The Labute approximate surface area is 135 Å². The standard InChI is InChI=1S/C14H19N5O3S/c1-22-11-3-4-13-12(9-11)14(17-10-16-13)18-5-2-6-19(8-7-18)23(15,20)21/h3-4,9-10H,2,5-8H2,1H3,(H2,15,20,21). The van der Waals surface area contributed by atoms with Gasteiger partial charge in [0.1, 0.15) is 17.9 Å². The molecule has 0 spiro atoms. The molecule has 0 amide bonds. The Balaban J connectivity index is 1.94. The number of anilines is 1. The van der Waals surface area contributed by atoms with Gasteiger partial charge in [0, 0.05) is 31.6 Å². The van der Waals surface area contributed by atoms with Crippen LogP contribution in [-0.2, 0) is 10.2 Å². The van der Waals surface area contributed by atoms with Gasteiger partial charge in [-0.1, -0.05) is 0 Å². The summed E-state index contributed by atoms with van der Waals surface area (Å²) in [6.45, 7) is 1.99. The average Bonchev–Trinajstić information content (AvgIpc) is 2.79. The molecule has 8 nitrogen and oxygen atoms in total. The van der Waals surface area contributed by atoms with Crippen molar-refractivity contribution in [2.45, 2.75) is 6.42 Å². The second-order valence-corrected chi connectivity index (χ2v) is 6.91. The first-order chi connectivity index (χ1) is 11.0. The predicted octanol–water partition coefficient (Wildman–Crippen LogP) is 0.354. The third-order valence-electron chi connectivity index (χ3n) is 3.94. The van der Waals surface area contributed by atoms with Crippen molar-refractivity contribution in [1.29, 1.82) is 0 Å². The number of ether oxygens (including phenoxy) is 1. The zero-order valence-corrected chi connectivity index (χ0v) is 13.7. The molecule has 9 heteroatoms. The Kier molecular flexibility index (Phi) is 4.33. The summed E-state index contributed by atoms with van der Waals surface area (Å²) in [6, 6.07) is 5.63. The SMILES string of the molecule is COc1ccc2ncnc(N3CCCN(S(N)(=O)=O)CC3)c2c1. The van der Waals surface area contributed by atoms with E-state index >= 15 is 0 Å². The topological polar surface area (TPSA) is 102 Å². The highest BCUT2D eigenvalue weighted by Gasteiger charge is 2.23. The van der Waals surface area contributed by atoms with Gasteiger partial charge in [-0.15, -0.1) is 0 Å². The minimum absolute atomic E-state index is 0.342. The first kappa shape index (κ1) is 15.9. The van der Waals surface area contributed by atoms with Gasteiger partial charge in [-0.05, 0) is 24.6 Å². The number of benzene rings is 1. The molecule has 0 saturated carbocycles. The molecule has 1 aromatic carbocycles. The van der Waals surface area contributed by atoms with E-state index in [2.05, 4.69) is 14.9 Å². The molecule has 23 heavy (non-hydrogen) atoms. The molecule has 1 saturated heterocycles. The maximum atomic E-state index is 11.5. The fourth-order valence-corrected chi connectivity index (χ4v) is 3.48. The highest BCUT2D eigenvalue weighted by Crippen LogP contribution is 2.27. The molecular weight excluding hydrogens is 318 g/mol. The zero-order valence-electron chi connectivity index (χ0n) is 12.8. The number of nitrogens with two attached hydrogens (primary N) is 1. The van der Waals surface area contributed by atoms with Crippen molar-refractivity contribution >= 4 is 26.9 Å². The first-order valence-corrected chi connectivity index (χ1v) is 8.81. The molecule has 0 atom stereocenters. The number of methoxy groups -OCH3 is 1. The minimum atomic E-state index is -3.65. The molecule has 2 aromatic rings. The molecule has 2 N–H and O–H groups in total. The Bertz CT molecular complexity index is 811. The lowest BCUT2D eigenvalue weighted by Gasteiger charge is -2.23. The summed E-state index contributed by atoms with van der Waals surface area (Å²) in [6.07, 6.45) is 2.21. The molecular formula is C14H19N5O3S. The summed E-state index contributed by atoms with van der Waals surface area (Å²) in [5, 5.41) is 6.11. The van der Waals surface area contributed by atoms with Crippen LogP contribution in [-0.4, -0.2) is 56.0 Å². The van der Waals surface area contributed by atoms with Gasteiger partial charge in [-0.3, -0.25) is 0 Å². The van der Waals surface area contributed by atoms with E-state index in [9.17, 15) is 8.42 Å². The number of hydrogen-bond acceptors (Lipinski definition) is 6. The molecule has 0 unspecified atom stereocenters. The molecule has 1 aliphatic rings. The molecule has 3 rings (SSSR count). The van der Waals surface area contributed by atoms with E-state index in [0.29, 0.717) is 32.6 Å². The highest BCUT2D eigenvalue weighted by molar-refractivity contribution is 7.86. The Morgan fingerprint density at radius 2 is 2.00 bits per heavy atom. The second-order valence-electron chi connectivity index (χ2n) is 5.36. The number of rotatable bonds is 3. The monoisotopic (exact) mass is 337 g/mol. The van der Waals surface area contributed by atoms with Crippen molar-refractivity contribution in [3.63, 3.8) is 0 Å². The van der Waals surface area contributed by atoms with Gasteiger partial charge in [0.05, 0.1) is 12.6 Å². The average molecular weight is 337 g/mol. The predicted molar refractivity (Wildman–Crippen MR) is 87.6 cm³/mol. The number of fused-ring (bicyclic) bond motifs is 1. The van der Waals surface area contributed by atoms with Crippen molar-refractivity contribution in [3.8, 4) is 5.75 Å². The third-order valence-corrected chi connectivity index (χ3v) is 5.02. The van der Waals surface area contributed by atoms with E-state index in [1.165, 1.54) is 10.6 Å². The lowest BCUT2D eigenvalue weighted by Crippen LogP contribution is -2.39. The van der Waals surface area contributed by atoms with Gasteiger partial charge in [-0.2, -0.15) is 12.7 Å². The highest BCUT2D eigenvalue weighted by atomic mass is 32.2. The minimum Gasteiger partial charge on any atom is -0.497 e. The maximum Gasteiger partial charge on any atom is 0.276 e. The van der Waals surface area contributed by atoms with Gasteiger partial charge >= 0.3 is 0 Å². The maximum absolute atomic E-state index is 11.5. The van der Waals surface area contributed by atoms with E-state index in [1.54, 1.807) is 7.11 Å². The molecule has 1 aromatic heterocycles. The molecule has 1 aliphatic heterocycles. The van der Waals surface area contributed by atoms with Crippen LogP contribution >= 0.6 is 0 Å². The van der Waals surface area contributed by atoms with Crippen molar-refractivity contribution in [2.75, 3.05) is 38.2 Å². The number of nitrogens with zero attached hydrogens (tertiary/aromatic N) is 4. The molecule has 2 heterocycles. The smallest absolute Gasteiger partial charge is 0.276 e. The van der Waals surface area contributed by atoms with Crippen LogP contribution in [0.1, 0.15) is 6.42 Å². The first-order valence-electron chi connectivity index (χ1n) is 7.30. The van der Waals surface area contributed by atoms with Crippen LogP contribution in [0.5, 0.6) is 5.75 Å². The van der Waals surface area contributed by atoms with Crippen LogP contribution in [0.4, 0.5) is 5.82 Å². The summed E-state index contributed by atoms with van der Waals surface area (Å²) in [5.74, 6) is 1.51. The fraction of sp³-hybridized carbons (Fsp3) is 0.429. The number of aromatic nitrogens is 2. The summed E-state index contributed by atoms with van der Waals surface area (Å²) in [4.78, 5) is 10.7. The van der Waals surface area contributed by atoms with E-state index < -0.39 is 10.2 Å². The molecule has 124 valence electrons. The van der Waals surface area contributed by atoms with Crippen molar-refractivity contribution in [2.24, 2.45) is 5.14 Å². The van der Waals surface area contributed by atoms with E-state index in [-0.39, 0.29) is 0 Å². The quantitative estimate of drug-likeness (QED) is 0.867. The van der Waals surface area contributed by atoms with E-state index in [1.807, 2.05) is 18.2 Å². The van der Waals surface area contributed by atoms with E-state index in [0.717, 1.165) is 22.5 Å². The Morgan fingerprint density at radius 3 is 2.74 bits per heavy atom. The van der Waals surface area contributed by atoms with Crippen molar-refractivity contribution in [3.05, 3.63) is 24.5 Å². The van der Waals surface area contributed by atoms with Crippen LogP contribution in [0.2, 0.25) is 0 Å². The van der Waals surface area contributed by atoms with Crippen LogP contribution in [0.3, 0.4) is 0 Å². The van der Waals surface area contributed by atoms with Gasteiger partial charge < -0.3 is 9.64 Å². The molecule has 1 fully saturated rings. The van der Waals surface area contributed by atoms with Crippen LogP contribution < -0.4 is 14.8 Å². The number of hydrogen-bond donors (Lipinski definition) is 1. The zero-order chi connectivity index (χ0) is 16.4. The second kappa shape index (κ2) is 6.26. The van der Waals surface area contributed by atoms with Crippen LogP contribution in [0, 0.1) is 0 Å². The lowest BCUT2D eigenvalue weighted by atomic mass is 10.2. The van der Waals surface area contributed by atoms with Crippen molar-refractivity contribution in [1.82, 2.24) is 14.3 Å². The van der Waals surface area contributed by atoms with Gasteiger partial charge in [-0.25, -0.2) is 15.1 Å². The van der Waals surface area contributed by atoms with Crippen molar-refractivity contribution < 1.29 is 13.2 Å². The summed E-state index contributed by atoms with van der Waals surface area (Å²) in [5.41, 5.74) is 0.823. The summed E-state index contributed by atoms with van der Waals surface area (Å²) >= 11 is 0. The Morgan fingerprint density at radius 1 is 1.17 bits per heavy atom. The molecule has 0 bridgehead atoms. The fourth-order valence-electron chi connectivity index (χ4n) is 2.76. The Hall–Kier alpha value is -1.97. The largest absolute Gasteiger partial charge is 0.497 e. The molecule has 0 aliphatic carbocycles. The summed E-state index contributed by atoms with van der Waals surface area (Å²) in [7, 11) is -2.04. The van der Waals surface area contributed by atoms with Crippen LogP contribution in [0.25, 0.3) is 10.9 Å². The van der Waals surface area contributed by atoms with Gasteiger partial charge in [0.2, 0.25) is 0 Å². The normalized spacial score (nSPS) is 17.2. The van der Waals surface area contributed by atoms with Gasteiger partial charge in [0.25, 0.3) is 10.2 Å². The van der Waals surface area contributed by atoms with Gasteiger partial charge in [0.15, 0.2) is 0 Å². The summed E-state index contributed by atoms with van der Waals surface area (Å²) < 4.78 is 29.6. The van der Waals surface area contributed by atoms with Crippen LogP contribution in [0.15, 0.2) is 24.5 Å².